The zero-order valence-electron chi connectivity index (χ0n) is 15.6. The van der Waals surface area contributed by atoms with Crippen LogP contribution in [-0.2, 0) is 11.2 Å². The molecule has 1 N–H and O–H groups in total. The van der Waals surface area contributed by atoms with Gasteiger partial charge in [-0.1, -0.05) is 31.2 Å². The molecule has 0 radical (unpaired) electrons. The van der Waals surface area contributed by atoms with E-state index in [2.05, 4.69) is 12.2 Å². The Labute approximate surface area is 159 Å². The fourth-order valence-electron chi connectivity index (χ4n) is 3.32. The number of hydrogen-bond acceptors (Lipinski definition) is 2. The van der Waals surface area contributed by atoms with Crippen molar-refractivity contribution in [2.75, 3.05) is 18.4 Å². The number of piperidine rings is 1. The summed E-state index contributed by atoms with van der Waals surface area (Å²) in [4.78, 5) is 27.1. The first-order valence-corrected chi connectivity index (χ1v) is 9.45. The third-order valence-electron chi connectivity index (χ3n) is 5.03. The molecule has 0 bridgehead atoms. The van der Waals surface area contributed by atoms with E-state index < -0.39 is 0 Å². The summed E-state index contributed by atoms with van der Waals surface area (Å²) in [6.45, 7) is 3.71. The van der Waals surface area contributed by atoms with Gasteiger partial charge >= 0.3 is 0 Å². The molecule has 0 aliphatic carbocycles. The molecule has 2 aromatic carbocycles. The van der Waals surface area contributed by atoms with Gasteiger partial charge < -0.3 is 10.2 Å². The minimum atomic E-state index is -0.306. The van der Waals surface area contributed by atoms with Gasteiger partial charge in [0.25, 0.3) is 5.91 Å². The van der Waals surface area contributed by atoms with Crippen LogP contribution in [0.3, 0.4) is 0 Å². The van der Waals surface area contributed by atoms with E-state index in [0.29, 0.717) is 23.6 Å². The van der Waals surface area contributed by atoms with Crippen LogP contribution in [-0.4, -0.2) is 29.8 Å². The van der Waals surface area contributed by atoms with Gasteiger partial charge in [0.1, 0.15) is 5.82 Å². The molecule has 1 heterocycles. The number of halogens is 1. The number of carbonyl (C=O) groups is 2. The number of rotatable bonds is 5. The van der Waals surface area contributed by atoms with Crippen molar-refractivity contribution >= 4 is 17.5 Å². The van der Waals surface area contributed by atoms with Gasteiger partial charge in [-0.2, -0.15) is 0 Å². The Morgan fingerprint density at radius 2 is 1.85 bits per heavy atom. The van der Waals surface area contributed by atoms with Gasteiger partial charge in [0.05, 0.1) is 11.3 Å². The number of nitrogens with zero attached hydrogens (tertiary/aromatic N) is 1. The molecule has 3 rings (SSSR count). The van der Waals surface area contributed by atoms with Crippen molar-refractivity contribution in [3.05, 3.63) is 65.5 Å². The summed E-state index contributed by atoms with van der Waals surface area (Å²) in [6, 6.07) is 13.4. The Morgan fingerprint density at radius 1 is 1.11 bits per heavy atom. The molecule has 1 aliphatic rings. The summed E-state index contributed by atoms with van der Waals surface area (Å²) in [5.41, 5.74) is 1.83. The number of likely N-dealkylation sites (tertiary alicyclic amines) is 1. The maximum Gasteiger partial charge on any atom is 0.255 e. The van der Waals surface area contributed by atoms with Crippen LogP contribution in [0.25, 0.3) is 0 Å². The lowest BCUT2D eigenvalue weighted by molar-refractivity contribution is -0.116. The molecule has 5 heteroatoms. The van der Waals surface area contributed by atoms with Crippen molar-refractivity contribution in [1.82, 2.24) is 4.90 Å². The van der Waals surface area contributed by atoms with Crippen LogP contribution in [0.15, 0.2) is 48.5 Å². The van der Waals surface area contributed by atoms with Crippen molar-refractivity contribution in [2.24, 2.45) is 5.92 Å². The zero-order valence-corrected chi connectivity index (χ0v) is 15.6. The average molecular weight is 368 g/mol. The van der Waals surface area contributed by atoms with Crippen LogP contribution in [0.2, 0.25) is 0 Å². The molecular weight excluding hydrogens is 343 g/mol. The predicted molar refractivity (Wildman–Crippen MR) is 104 cm³/mol. The van der Waals surface area contributed by atoms with Crippen molar-refractivity contribution in [1.29, 1.82) is 0 Å². The third-order valence-corrected chi connectivity index (χ3v) is 5.03. The minimum Gasteiger partial charge on any atom is -0.339 e. The highest BCUT2D eigenvalue weighted by Crippen LogP contribution is 2.22. The summed E-state index contributed by atoms with van der Waals surface area (Å²) >= 11 is 0. The maximum absolute atomic E-state index is 13.2. The number of aryl methyl sites for hydroxylation is 1. The summed E-state index contributed by atoms with van der Waals surface area (Å²) in [7, 11) is 0. The van der Waals surface area contributed by atoms with Gasteiger partial charge in [-0.3, -0.25) is 9.59 Å². The number of nitrogens with one attached hydrogen (secondary N) is 1. The van der Waals surface area contributed by atoms with E-state index >= 15 is 0 Å². The molecule has 0 spiro atoms. The molecule has 1 saturated heterocycles. The highest BCUT2D eigenvalue weighted by molar-refractivity contribution is 6.03. The molecule has 0 saturated carbocycles. The second-order valence-electron chi connectivity index (χ2n) is 7.20. The Balaban J connectivity index is 1.63. The number of amides is 2. The first-order chi connectivity index (χ1) is 13.0. The molecule has 0 aromatic heterocycles. The van der Waals surface area contributed by atoms with Gasteiger partial charge in [0.2, 0.25) is 5.91 Å². The molecule has 0 unspecified atom stereocenters. The van der Waals surface area contributed by atoms with Crippen molar-refractivity contribution in [3.63, 3.8) is 0 Å². The fourth-order valence-corrected chi connectivity index (χ4v) is 3.32. The highest BCUT2D eigenvalue weighted by Gasteiger charge is 2.23. The van der Waals surface area contributed by atoms with Crippen LogP contribution < -0.4 is 5.32 Å². The number of para-hydroxylation sites is 1. The molecule has 1 fully saturated rings. The van der Waals surface area contributed by atoms with E-state index in [4.69, 9.17) is 0 Å². The Morgan fingerprint density at radius 3 is 2.59 bits per heavy atom. The molecule has 27 heavy (non-hydrogen) atoms. The zero-order chi connectivity index (χ0) is 19.2. The average Bonchev–Trinajstić information content (AvgIpc) is 2.67. The van der Waals surface area contributed by atoms with E-state index in [0.717, 1.165) is 31.5 Å². The predicted octanol–water partition coefficient (Wildman–Crippen LogP) is 4.27. The topological polar surface area (TPSA) is 49.4 Å². The van der Waals surface area contributed by atoms with Crippen molar-refractivity contribution < 1.29 is 14.0 Å². The van der Waals surface area contributed by atoms with E-state index in [1.807, 2.05) is 11.0 Å². The third kappa shape index (κ3) is 5.16. The molecular formula is C22H25FN2O2. The van der Waals surface area contributed by atoms with Crippen LogP contribution >= 0.6 is 0 Å². The lowest BCUT2D eigenvalue weighted by Gasteiger charge is -2.30. The molecule has 142 valence electrons. The van der Waals surface area contributed by atoms with E-state index in [1.165, 1.54) is 12.1 Å². The monoisotopic (exact) mass is 368 g/mol. The van der Waals surface area contributed by atoms with E-state index in [-0.39, 0.29) is 24.1 Å². The summed E-state index contributed by atoms with van der Waals surface area (Å²) in [6.07, 6.45) is 2.69. The molecule has 1 aliphatic heterocycles. The summed E-state index contributed by atoms with van der Waals surface area (Å²) in [5.74, 6) is 0.112. The lowest BCUT2D eigenvalue weighted by Crippen LogP contribution is -2.38. The van der Waals surface area contributed by atoms with Crippen LogP contribution in [0, 0.1) is 11.7 Å². The molecule has 2 amide bonds. The largest absolute Gasteiger partial charge is 0.339 e. The minimum absolute atomic E-state index is 0.0390. The van der Waals surface area contributed by atoms with Gasteiger partial charge in [0.15, 0.2) is 0 Å². The van der Waals surface area contributed by atoms with Crippen LogP contribution in [0.1, 0.15) is 42.1 Å². The number of carbonyl (C=O) groups excluding carboxylic acids is 2. The SMILES string of the molecule is CC1CCN(C(=O)c2ccccc2NC(=O)CCc2cccc(F)c2)CC1. The lowest BCUT2D eigenvalue weighted by atomic mass is 9.98. The second kappa shape index (κ2) is 8.80. The summed E-state index contributed by atoms with van der Waals surface area (Å²) in [5, 5.41) is 2.84. The van der Waals surface area contributed by atoms with Crippen molar-refractivity contribution in [2.45, 2.75) is 32.6 Å². The van der Waals surface area contributed by atoms with Crippen molar-refractivity contribution in [3.8, 4) is 0 Å². The van der Waals surface area contributed by atoms with Gasteiger partial charge in [-0.25, -0.2) is 4.39 Å². The second-order valence-corrected chi connectivity index (χ2v) is 7.20. The number of anilines is 1. The number of benzene rings is 2. The Bertz CT molecular complexity index is 813. The van der Waals surface area contributed by atoms with Gasteiger partial charge in [-0.15, -0.1) is 0 Å². The standard InChI is InChI=1S/C22H25FN2O2/c1-16-11-13-25(14-12-16)22(27)19-7-2-3-8-20(19)24-21(26)10-9-17-5-4-6-18(23)15-17/h2-8,15-16H,9-14H2,1H3,(H,24,26). The maximum atomic E-state index is 13.2. The first-order valence-electron chi connectivity index (χ1n) is 9.45. The van der Waals surface area contributed by atoms with Crippen LogP contribution in [0.5, 0.6) is 0 Å². The van der Waals surface area contributed by atoms with Gasteiger partial charge in [-0.05, 0) is 55.0 Å². The highest BCUT2D eigenvalue weighted by atomic mass is 19.1. The number of hydrogen-bond donors (Lipinski definition) is 1. The summed E-state index contributed by atoms with van der Waals surface area (Å²) < 4.78 is 13.2. The molecule has 4 nitrogen and oxygen atoms in total. The van der Waals surface area contributed by atoms with Gasteiger partial charge in [0, 0.05) is 19.5 Å². The fraction of sp³-hybridized carbons (Fsp3) is 0.364. The van der Waals surface area contributed by atoms with E-state index in [1.54, 1.807) is 30.3 Å². The smallest absolute Gasteiger partial charge is 0.255 e. The quantitative estimate of drug-likeness (QED) is 0.857. The normalized spacial score (nSPS) is 14.8. The Hall–Kier alpha value is -2.69. The van der Waals surface area contributed by atoms with Crippen LogP contribution in [0.4, 0.5) is 10.1 Å². The van der Waals surface area contributed by atoms with E-state index in [9.17, 15) is 14.0 Å². The Kier molecular flexibility index (Phi) is 6.22. The first kappa shape index (κ1) is 19.1. The molecule has 2 aromatic rings. The molecule has 0 atom stereocenters.